The molecule has 1 aromatic heterocycles. The quantitative estimate of drug-likeness (QED) is 0.553. The van der Waals surface area contributed by atoms with Crippen LogP contribution in [0.5, 0.6) is 11.5 Å². The summed E-state index contributed by atoms with van der Waals surface area (Å²) in [5.74, 6) is 2.22. The summed E-state index contributed by atoms with van der Waals surface area (Å²) in [5, 5.41) is 4.12. The number of aryl methyl sites for hydroxylation is 2. The van der Waals surface area contributed by atoms with E-state index in [0.717, 1.165) is 11.1 Å². The standard InChI is InChI=1S/C23H27N3O5S/c1-15-5-7-19(13-16(15)2)32(27,28)26-11-9-17(10-12-26)23-24-22(25-31-23)20-8-6-18(29-3)14-21(20)30-4/h5-8,13-14,17H,9-12H2,1-4H3. The highest BCUT2D eigenvalue weighted by Crippen LogP contribution is 2.34. The first-order valence-corrected chi connectivity index (χ1v) is 11.9. The Bertz CT molecular complexity index is 1210. The van der Waals surface area contributed by atoms with E-state index in [9.17, 15) is 8.42 Å². The van der Waals surface area contributed by atoms with Gasteiger partial charge in [0.25, 0.3) is 0 Å². The first kappa shape index (κ1) is 22.3. The fourth-order valence-corrected chi connectivity index (χ4v) is 5.42. The Hall–Kier alpha value is -2.91. The van der Waals surface area contributed by atoms with Crippen molar-refractivity contribution in [3.8, 4) is 22.9 Å². The smallest absolute Gasteiger partial charge is 0.243 e. The van der Waals surface area contributed by atoms with Gasteiger partial charge in [-0.25, -0.2) is 8.42 Å². The molecule has 9 heteroatoms. The van der Waals surface area contributed by atoms with Crippen LogP contribution in [0.25, 0.3) is 11.4 Å². The number of ether oxygens (including phenoxy) is 2. The van der Waals surface area contributed by atoms with Crippen molar-refractivity contribution >= 4 is 10.0 Å². The molecule has 0 saturated carbocycles. The molecule has 1 fully saturated rings. The predicted octanol–water partition coefficient (Wildman–Crippen LogP) is 3.94. The lowest BCUT2D eigenvalue weighted by Gasteiger charge is -2.29. The summed E-state index contributed by atoms with van der Waals surface area (Å²) in [7, 11) is -0.357. The van der Waals surface area contributed by atoms with Gasteiger partial charge >= 0.3 is 0 Å². The van der Waals surface area contributed by atoms with Crippen molar-refractivity contribution in [2.24, 2.45) is 0 Å². The van der Waals surface area contributed by atoms with Gasteiger partial charge in [0.05, 0.1) is 24.7 Å². The molecule has 0 bridgehead atoms. The minimum absolute atomic E-state index is 0.00620. The zero-order chi connectivity index (χ0) is 22.9. The van der Waals surface area contributed by atoms with Gasteiger partial charge in [0.2, 0.25) is 21.7 Å². The second-order valence-electron chi connectivity index (χ2n) is 7.95. The van der Waals surface area contributed by atoms with Crippen molar-refractivity contribution in [1.82, 2.24) is 14.4 Å². The molecule has 1 aliphatic rings. The van der Waals surface area contributed by atoms with E-state index in [4.69, 9.17) is 14.0 Å². The Morgan fingerprint density at radius 3 is 2.41 bits per heavy atom. The summed E-state index contributed by atoms with van der Waals surface area (Å²) >= 11 is 0. The molecule has 1 saturated heterocycles. The molecular formula is C23H27N3O5S. The van der Waals surface area contributed by atoms with Gasteiger partial charge in [0.15, 0.2) is 0 Å². The third-order valence-corrected chi connectivity index (χ3v) is 7.91. The third kappa shape index (κ3) is 4.22. The molecule has 4 rings (SSSR count). The number of piperidine rings is 1. The van der Waals surface area contributed by atoms with Crippen LogP contribution in [-0.2, 0) is 10.0 Å². The van der Waals surface area contributed by atoms with Crippen LogP contribution in [0.4, 0.5) is 0 Å². The molecule has 0 unspecified atom stereocenters. The van der Waals surface area contributed by atoms with Gasteiger partial charge in [0, 0.05) is 25.1 Å². The predicted molar refractivity (Wildman–Crippen MR) is 119 cm³/mol. The fourth-order valence-electron chi connectivity index (χ4n) is 3.86. The van der Waals surface area contributed by atoms with Crippen molar-refractivity contribution < 1.29 is 22.4 Å². The van der Waals surface area contributed by atoms with E-state index < -0.39 is 10.0 Å². The van der Waals surface area contributed by atoms with Crippen LogP contribution in [0.3, 0.4) is 0 Å². The van der Waals surface area contributed by atoms with Crippen LogP contribution in [0.2, 0.25) is 0 Å². The number of aromatic nitrogens is 2. The Morgan fingerprint density at radius 1 is 1.00 bits per heavy atom. The van der Waals surface area contributed by atoms with Gasteiger partial charge in [0.1, 0.15) is 11.5 Å². The summed E-state index contributed by atoms with van der Waals surface area (Å²) < 4.78 is 43.8. The molecule has 170 valence electrons. The van der Waals surface area contributed by atoms with E-state index in [0.29, 0.717) is 59.6 Å². The Labute approximate surface area is 188 Å². The van der Waals surface area contributed by atoms with Crippen molar-refractivity contribution in [2.45, 2.75) is 37.5 Å². The van der Waals surface area contributed by atoms with Gasteiger partial charge in [-0.05, 0) is 62.1 Å². The molecule has 0 atom stereocenters. The average Bonchev–Trinajstić information content (AvgIpc) is 3.30. The molecule has 0 N–H and O–H groups in total. The second kappa shape index (κ2) is 8.91. The van der Waals surface area contributed by atoms with E-state index in [2.05, 4.69) is 10.1 Å². The minimum Gasteiger partial charge on any atom is -0.497 e. The molecule has 8 nitrogen and oxygen atoms in total. The second-order valence-corrected chi connectivity index (χ2v) is 9.88. The maximum Gasteiger partial charge on any atom is 0.243 e. The van der Waals surface area contributed by atoms with Crippen molar-refractivity contribution in [3.05, 3.63) is 53.4 Å². The largest absolute Gasteiger partial charge is 0.497 e. The molecule has 2 heterocycles. The van der Waals surface area contributed by atoms with Crippen LogP contribution in [0, 0.1) is 13.8 Å². The monoisotopic (exact) mass is 457 g/mol. The number of methoxy groups -OCH3 is 2. The lowest BCUT2D eigenvalue weighted by Crippen LogP contribution is -2.38. The molecular weight excluding hydrogens is 430 g/mol. The van der Waals surface area contributed by atoms with Crippen molar-refractivity contribution in [3.63, 3.8) is 0 Å². The minimum atomic E-state index is -3.52. The third-order valence-electron chi connectivity index (χ3n) is 6.01. The number of nitrogens with zero attached hydrogens (tertiary/aromatic N) is 3. The first-order chi connectivity index (χ1) is 15.3. The Balaban J connectivity index is 1.48. The van der Waals surface area contributed by atoms with Gasteiger partial charge in [-0.3, -0.25) is 0 Å². The lowest BCUT2D eigenvalue weighted by molar-refractivity contribution is 0.270. The summed E-state index contributed by atoms with van der Waals surface area (Å²) in [4.78, 5) is 4.91. The molecule has 2 aromatic carbocycles. The topological polar surface area (TPSA) is 94.8 Å². The SMILES string of the molecule is COc1ccc(-c2noc(C3CCN(S(=O)(=O)c4ccc(C)c(C)c4)CC3)n2)c(OC)c1. The number of hydrogen-bond acceptors (Lipinski definition) is 7. The molecule has 0 aliphatic carbocycles. The zero-order valence-corrected chi connectivity index (χ0v) is 19.5. The van der Waals surface area contributed by atoms with E-state index in [1.807, 2.05) is 32.0 Å². The zero-order valence-electron chi connectivity index (χ0n) is 18.7. The Morgan fingerprint density at radius 2 is 1.75 bits per heavy atom. The van der Waals surface area contributed by atoms with Crippen LogP contribution in [0.15, 0.2) is 45.8 Å². The molecule has 3 aromatic rings. The first-order valence-electron chi connectivity index (χ1n) is 10.5. The fraction of sp³-hybridized carbons (Fsp3) is 0.391. The molecule has 1 aliphatic heterocycles. The van der Waals surface area contributed by atoms with Crippen molar-refractivity contribution in [1.29, 1.82) is 0 Å². The van der Waals surface area contributed by atoms with E-state index in [1.165, 1.54) is 4.31 Å². The molecule has 32 heavy (non-hydrogen) atoms. The maximum atomic E-state index is 13.1. The van der Waals surface area contributed by atoms with Crippen LogP contribution in [-0.4, -0.2) is 50.2 Å². The molecule has 0 spiro atoms. The number of rotatable bonds is 6. The Kier molecular flexibility index (Phi) is 6.21. The summed E-state index contributed by atoms with van der Waals surface area (Å²) in [6.45, 7) is 4.70. The van der Waals surface area contributed by atoms with Gasteiger partial charge in [-0.1, -0.05) is 11.2 Å². The lowest BCUT2D eigenvalue weighted by atomic mass is 9.98. The van der Waals surface area contributed by atoms with Crippen LogP contribution < -0.4 is 9.47 Å². The van der Waals surface area contributed by atoms with Crippen molar-refractivity contribution in [2.75, 3.05) is 27.3 Å². The number of sulfonamides is 1. The maximum absolute atomic E-state index is 13.1. The number of benzene rings is 2. The highest BCUT2D eigenvalue weighted by atomic mass is 32.2. The average molecular weight is 458 g/mol. The highest BCUT2D eigenvalue weighted by Gasteiger charge is 2.32. The van der Waals surface area contributed by atoms with E-state index in [-0.39, 0.29) is 5.92 Å². The van der Waals surface area contributed by atoms with Gasteiger partial charge in [-0.2, -0.15) is 9.29 Å². The summed E-state index contributed by atoms with van der Waals surface area (Å²) in [5.41, 5.74) is 2.75. The van der Waals surface area contributed by atoms with E-state index in [1.54, 1.807) is 32.4 Å². The molecule has 0 amide bonds. The summed E-state index contributed by atoms with van der Waals surface area (Å²) in [6.07, 6.45) is 1.23. The van der Waals surface area contributed by atoms with Crippen LogP contribution in [0.1, 0.15) is 35.8 Å². The highest BCUT2D eigenvalue weighted by molar-refractivity contribution is 7.89. The molecule has 0 radical (unpaired) electrons. The van der Waals surface area contributed by atoms with Gasteiger partial charge in [-0.15, -0.1) is 0 Å². The number of hydrogen-bond donors (Lipinski definition) is 0. The van der Waals surface area contributed by atoms with Gasteiger partial charge < -0.3 is 14.0 Å². The van der Waals surface area contributed by atoms with Crippen LogP contribution >= 0.6 is 0 Å². The normalized spacial score (nSPS) is 15.6. The van der Waals surface area contributed by atoms with E-state index >= 15 is 0 Å². The summed E-state index contributed by atoms with van der Waals surface area (Å²) in [6, 6.07) is 10.7.